The summed E-state index contributed by atoms with van der Waals surface area (Å²) < 4.78 is 5.71. The highest BCUT2D eigenvalue weighted by molar-refractivity contribution is 7.10. The predicted molar refractivity (Wildman–Crippen MR) is 80.7 cm³/mol. The number of benzene rings is 1. The summed E-state index contributed by atoms with van der Waals surface area (Å²) in [6.07, 6.45) is 0. The van der Waals surface area contributed by atoms with E-state index in [-0.39, 0.29) is 23.1 Å². The minimum absolute atomic E-state index is 0.122. The fourth-order valence-electron chi connectivity index (χ4n) is 2.81. The summed E-state index contributed by atoms with van der Waals surface area (Å²) in [5, 5.41) is 2.45. The molecule has 1 atom stereocenters. The lowest BCUT2D eigenvalue weighted by Gasteiger charge is -2.18. The highest BCUT2D eigenvalue weighted by atomic mass is 32.1. The van der Waals surface area contributed by atoms with Crippen molar-refractivity contribution in [3.05, 3.63) is 68.2 Å². The van der Waals surface area contributed by atoms with Crippen molar-refractivity contribution in [1.29, 1.82) is 0 Å². The van der Waals surface area contributed by atoms with Crippen molar-refractivity contribution in [2.24, 2.45) is 0 Å². The first-order chi connectivity index (χ1) is 10.2. The molecule has 0 unspecified atom stereocenters. The lowest BCUT2D eigenvalue weighted by Crippen LogP contribution is -2.24. The van der Waals surface area contributed by atoms with Gasteiger partial charge in [0.25, 0.3) is 5.91 Å². The van der Waals surface area contributed by atoms with E-state index in [1.165, 1.54) is 11.3 Å². The van der Waals surface area contributed by atoms with Crippen LogP contribution in [0, 0.1) is 0 Å². The minimum Gasteiger partial charge on any atom is -0.450 e. The number of carbonyl (C=O) groups excluding carboxylic acids is 1. The van der Waals surface area contributed by atoms with E-state index in [9.17, 15) is 9.59 Å². The SMILES string of the molecule is CN1C(=O)c2oc3ccccc3c(=O)c2[C@H]1c1cccs1. The van der Waals surface area contributed by atoms with Crippen molar-refractivity contribution in [2.45, 2.75) is 6.04 Å². The van der Waals surface area contributed by atoms with Gasteiger partial charge in [0.1, 0.15) is 5.58 Å². The summed E-state index contributed by atoms with van der Waals surface area (Å²) in [5.74, 6) is -0.0779. The Morgan fingerprint density at radius 3 is 2.71 bits per heavy atom. The number of para-hydroxylation sites is 1. The molecule has 0 fully saturated rings. The molecule has 0 saturated heterocycles. The zero-order chi connectivity index (χ0) is 14.6. The molecular formula is C16H11NO3S. The summed E-state index contributed by atoms with van der Waals surface area (Å²) in [5.41, 5.74) is 0.779. The molecule has 104 valence electrons. The number of hydrogen-bond acceptors (Lipinski definition) is 4. The molecule has 1 aliphatic rings. The lowest BCUT2D eigenvalue weighted by atomic mass is 10.0. The van der Waals surface area contributed by atoms with Crippen LogP contribution in [-0.4, -0.2) is 17.9 Å². The van der Waals surface area contributed by atoms with E-state index < -0.39 is 0 Å². The minimum atomic E-state index is -0.353. The molecule has 0 N–H and O–H groups in total. The smallest absolute Gasteiger partial charge is 0.290 e. The summed E-state index contributed by atoms with van der Waals surface area (Å²) in [4.78, 5) is 27.7. The van der Waals surface area contributed by atoms with Crippen LogP contribution in [0.25, 0.3) is 11.0 Å². The number of fused-ring (bicyclic) bond motifs is 2. The second-order valence-corrected chi connectivity index (χ2v) is 5.98. The molecule has 21 heavy (non-hydrogen) atoms. The van der Waals surface area contributed by atoms with E-state index in [4.69, 9.17) is 4.42 Å². The number of rotatable bonds is 1. The maximum Gasteiger partial charge on any atom is 0.290 e. The second-order valence-electron chi connectivity index (χ2n) is 5.00. The van der Waals surface area contributed by atoms with Gasteiger partial charge in [-0.15, -0.1) is 11.3 Å². The van der Waals surface area contributed by atoms with Crippen LogP contribution >= 0.6 is 11.3 Å². The third-order valence-electron chi connectivity index (χ3n) is 3.82. The van der Waals surface area contributed by atoms with Crippen molar-refractivity contribution in [2.75, 3.05) is 7.05 Å². The van der Waals surface area contributed by atoms with Crippen LogP contribution in [-0.2, 0) is 0 Å². The van der Waals surface area contributed by atoms with Crippen molar-refractivity contribution >= 4 is 28.2 Å². The van der Waals surface area contributed by atoms with Crippen molar-refractivity contribution < 1.29 is 9.21 Å². The number of carbonyl (C=O) groups is 1. The molecule has 1 aliphatic heterocycles. The van der Waals surface area contributed by atoms with Crippen LogP contribution in [0.4, 0.5) is 0 Å². The molecule has 0 spiro atoms. The zero-order valence-electron chi connectivity index (χ0n) is 11.2. The van der Waals surface area contributed by atoms with Crippen LogP contribution in [0.5, 0.6) is 0 Å². The Labute approximate surface area is 124 Å². The molecule has 0 saturated carbocycles. The molecule has 3 heterocycles. The average Bonchev–Trinajstić information content (AvgIpc) is 3.09. The van der Waals surface area contributed by atoms with E-state index in [0.717, 1.165) is 4.88 Å². The highest BCUT2D eigenvalue weighted by Crippen LogP contribution is 2.38. The van der Waals surface area contributed by atoms with Gasteiger partial charge in [-0.3, -0.25) is 9.59 Å². The Bertz CT molecular complexity index is 911. The molecule has 0 aliphatic carbocycles. The van der Waals surface area contributed by atoms with Gasteiger partial charge in [0, 0.05) is 11.9 Å². The molecule has 2 aromatic heterocycles. The topological polar surface area (TPSA) is 50.5 Å². The predicted octanol–water partition coefficient (Wildman–Crippen LogP) is 3.03. The summed E-state index contributed by atoms with van der Waals surface area (Å²) in [7, 11) is 1.70. The number of nitrogens with zero attached hydrogens (tertiary/aromatic N) is 1. The average molecular weight is 297 g/mol. The Kier molecular flexibility index (Phi) is 2.53. The molecule has 5 heteroatoms. The summed E-state index contributed by atoms with van der Waals surface area (Å²) in [6.45, 7) is 0. The first-order valence-electron chi connectivity index (χ1n) is 6.55. The summed E-state index contributed by atoms with van der Waals surface area (Å²) >= 11 is 1.53. The Hall–Kier alpha value is -2.40. The quantitative estimate of drug-likeness (QED) is 0.693. The van der Waals surface area contributed by atoms with Gasteiger partial charge in [-0.05, 0) is 23.6 Å². The van der Waals surface area contributed by atoms with Crippen LogP contribution < -0.4 is 5.43 Å². The molecule has 4 nitrogen and oxygen atoms in total. The zero-order valence-corrected chi connectivity index (χ0v) is 12.0. The maximum absolute atomic E-state index is 12.8. The van der Waals surface area contributed by atoms with E-state index in [1.807, 2.05) is 17.5 Å². The van der Waals surface area contributed by atoms with Gasteiger partial charge in [0.2, 0.25) is 5.76 Å². The van der Waals surface area contributed by atoms with Crippen LogP contribution in [0.15, 0.2) is 51.0 Å². The van der Waals surface area contributed by atoms with E-state index in [0.29, 0.717) is 16.5 Å². The van der Waals surface area contributed by atoms with Crippen molar-refractivity contribution in [3.8, 4) is 0 Å². The van der Waals surface area contributed by atoms with Gasteiger partial charge >= 0.3 is 0 Å². The van der Waals surface area contributed by atoms with Crippen LogP contribution in [0.2, 0.25) is 0 Å². The molecule has 0 radical (unpaired) electrons. The van der Waals surface area contributed by atoms with Gasteiger partial charge in [-0.25, -0.2) is 0 Å². The van der Waals surface area contributed by atoms with E-state index in [2.05, 4.69) is 0 Å². The molecule has 3 aromatic rings. The van der Waals surface area contributed by atoms with E-state index in [1.54, 1.807) is 36.2 Å². The standard InChI is InChI=1S/C16H11NO3S/c1-17-13(11-7-4-8-21-11)12-14(18)9-5-2-3-6-10(9)20-15(12)16(17)19/h2-8,13H,1H3/t13-/m1/s1. The first-order valence-corrected chi connectivity index (χ1v) is 7.43. The molecule has 1 aromatic carbocycles. The van der Waals surface area contributed by atoms with Crippen LogP contribution in [0.1, 0.15) is 27.0 Å². The van der Waals surface area contributed by atoms with Crippen LogP contribution in [0.3, 0.4) is 0 Å². The van der Waals surface area contributed by atoms with E-state index >= 15 is 0 Å². The number of amides is 1. The normalized spacial score (nSPS) is 17.5. The second kappa shape index (κ2) is 4.30. The van der Waals surface area contributed by atoms with Crippen molar-refractivity contribution in [1.82, 2.24) is 4.90 Å². The molecule has 1 amide bonds. The summed E-state index contributed by atoms with van der Waals surface area (Å²) in [6, 6.07) is 10.5. The first kappa shape index (κ1) is 12.3. The molecule has 4 rings (SSSR count). The van der Waals surface area contributed by atoms with Gasteiger partial charge in [-0.2, -0.15) is 0 Å². The highest BCUT2D eigenvalue weighted by Gasteiger charge is 2.40. The third kappa shape index (κ3) is 1.61. The monoisotopic (exact) mass is 297 g/mol. The molecular weight excluding hydrogens is 286 g/mol. The largest absolute Gasteiger partial charge is 0.450 e. The fraction of sp³-hybridized carbons (Fsp3) is 0.125. The Morgan fingerprint density at radius 1 is 1.14 bits per heavy atom. The fourth-order valence-corrected chi connectivity index (χ4v) is 3.69. The van der Waals surface area contributed by atoms with Crippen molar-refractivity contribution in [3.63, 3.8) is 0 Å². The molecule has 0 bridgehead atoms. The van der Waals surface area contributed by atoms with Gasteiger partial charge in [0.15, 0.2) is 5.43 Å². The third-order valence-corrected chi connectivity index (χ3v) is 4.75. The number of hydrogen-bond donors (Lipinski definition) is 0. The maximum atomic E-state index is 12.8. The Morgan fingerprint density at radius 2 is 1.95 bits per heavy atom. The number of thiophene rings is 1. The van der Waals surface area contributed by atoms with Gasteiger partial charge in [-0.1, -0.05) is 18.2 Å². The lowest BCUT2D eigenvalue weighted by molar-refractivity contribution is 0.0773. The van der Waals surface area contributed by atoms with Gasteiger partial charge in [0.05, 0.1) is 17.0 Å². The Balaban J connectivity index is 2.09. The van der Waals surface area contributed by atoms with Gasteiger partial charge < -0.3 is 9.32 Å².